The third-order valence-electron chi connectivity index (χ3n) is 4.05. The van der Waals surface area contributed by atoms with Crippen LogP contribution in [0.3, 0.4) is 0 Å². The maximum atomic E-state index is 10.7. The van der Waals surface area contributed by atoms with E-state index in [1.165, 1.54) is 16.3 Å². The van der Waals surface area contributed by atoms with Gasteiger partial charge in [0.1, 0.15) is 0 Å². The molecule has 0 amide bonds. The zero-order valence-corrected chi connectivity index (χ0v) is 11.5. The van der Waals surface area contributed by atoms with Crippen LogP contribution in [0, 0.1) is 5.92 Å². The Balaban J connectivity index is 1.66. The molecule has 3 nitrogen and oxygen atoms in total. The second kappa shape index (κ2) is 5.63. The number of likely N-dealkylation sites (tertiary alicyclic amines) is 1. The maximum Gasteiger partial charge on any atom is 0.303 e. The highest BCUT2D eigenvalue weighted by Gasteiger charge is 2.24. The molecule has 0 aromatic heterocycles. The zero-order chi connectivity index (χ0) is 13.9. The summed E-state index contributed by atoms with van der Waals surface area (Å²) in [7, 11) is 0. The van der Waals surface area contributed by atoms with Crippen LogP contribution in [-0.4, -0.2) is 29.1 Å². The molecule has 1 saturated heterocycles. The van der Waals surface area contributed by atoms with Gasteiger partial charge >= 0.3 is 5.97 Å². The molecule has 1 heterocycles. The second-order valence-corrected chi connectivity index (χ2v) is 5.67. The third-order valence-corrected chi connectivity index (χ3v) is 4.05. The number of carboxylic acids is 1. The van der Waals surface area contributed by atoms with Crippen molar-refractivity contribution in [3.05, 3.63) is 48.0 Å². The SMILES string of the molecule is O=C(O)CC1CCN(Cc2ccc3ccccc3c2)C1. The van der Waals surface area contributed by atoms with E-state index in [2.05, 4.69) is 47.4 Å². The molecule has 1 aliphatic rings. The summed E-state index contributed by atoms with van der Waals surface area (Å²) in [5.41, 5.74) is 1.31. The Labute approximate surface area is 118 Å². The minimum absolute atomic E-state index is 0.300. The van der Waals surface area contributed by atoms with Crippen LogP contribution in [0.15, 0.2) is 42.5 Å². The molecule has 3 rings (SSSR count). The monoisotopic (exact) mass is 269 g/mol. The summed E-state index contributed by atoms with van der Waals surface area (Å²) in [6.07, 6.45) is 1.30. The Bertz CT molecular complexity index is 623. The zero-order valence-electron chi connectivity index (χ0n) is 11.5. The molecule has 0 radical (unpaired) electrons. The molecule has 1 atom stereocenters. The largest absolute Gasteiger partial charge is 0.481 e. The number of benzene rings is 2. The van der Waals surface area contributed by atoms with Crippen molar-refractivity contribution >= 4 is 16.7 Å². The average Bonchev–Trinajstić information content (AvgIpc) is 2.85. The van der Waals surface area contributed by atoms with Gasteiger partial charge in [-0.3, -0.25) is 9.69 Å². The third kappa shape index (κ3) is 2.99. The van der Waals surface area contributed by atoms with Gasteiger partial charge in [-0.15, -0.1) is 0 Å². The molecule has 2 aromatic carbocycles. The van der Waals surface area contributed by atoms with Crippen molar-refractivity contribution in [3.63, 3.8) is 0 Å². The molecule has 20 heavy (non-hydrogen) atoms. The summed E-state index contributed by atoms with van der Waals surface area (Å²) in [6, 6.07) is 14.9. The van der Waals surface area contributed by atoms with Crippen molar-refractivity contribution in [2.75, 3.05) is 13.1 Å². The van der Waals surface area contributed by atoms with Crippen LogP contribution in [0.4, 0.5) is 0 Å². The number of hydrogen-bond donors (Lipinski definition) is 1. The molecule has 3 heteroatoms. The molecule has 1 fully saturated rings. The van der Waals surface area contributed by atoms with Gasteiger partial charge in [-0.05, 0) is 41.3 Å². The van der Waals surface area contributed by atoms with Crippen molar-refractivity contribution in [3.8, 4) is 0 Å². The van der Waals surface area contributed by atoms with E-state index in [-0.39, 0.29) is 0 Å². The number of carboxylic acid groups (broad SMARTS) is 1. The number of rotatable bonds is 4. The Kier molecular flexibility index (Phi) is 3.70. The number of aliphatic carboxylic acids is 1. The molecule has 1 N–H and O–H groups in total. The number of nitrogens with zero attached hydrogens (tertiary/aromatic N) is 1. The molecule has 104 valence electrons. The van der Waals surface area contributed by atoms with Crippen molar-refractivity contribution in [1.82, 2.24) is 4.90 Å². The van der Waals surface area contributed by atoms with Crippen LogP contribution in [0.2, 0.25) is 0 Å². The van der Waals surface area contributed by atoms with Gasteiger partial charge in [0.2, 0.25) is 0 Å². The predicted molar refractivity (Wildman–Crippen MR) is 79.6 cm³/mol. The standard InChI is InChI=1S/C17H19NO2/c19-17(20)10-14-7-8-18(12-14)11-13-5-6-15-3-1-2-4-16(15)9-13/h1-6,9,14H,7-8,10-12H2,(H,19,20). The normalized spacial score (nSPS) is 19.5. The van der Waals surface area contributed by atoms with E-state index in [9.17, 15) is 4.79 Å². The van der Waals surface area contributed by atoms with E-state index in [4.69, 9.17) is 5.11 Å². The lowest BCUT2D eigenvalue weighted by Gasteiger charge is -2.16. The molecular formula is C17H19NO2. The highest BCUT2D eigenvalue weighted by molar-refractivity contribution is 5.82. The molecule has 0 bridgehead atoms. The van der Waals surface area contributed by atoms with Crippen LogP contribution in [0.5, 0.6) is 0 Å². The van der Waals surface area contributed by atoms with Gasteiger partial charge in [-0.2, -0.15) is 0 Å². The van der Waals surface area contributed by atoms with Crippen LogP contribution in [0.25, 0.3) is 10.8 Å². The lowest BCUT2D eigenvalue weighted by atomic mass is 10.1. The van der Waals surface area contributed by atoms with Gasteiger partial charge in [0.25, 0.3) is 0 Å². The topological polar surface area (TPSA) is 40.5 Å². The van der Waals surface area contributed by atoms with Crippen molar-refractivity contribution in [2.24, 2.45) is 5.92 Å². The van der Waals surface area contributed by atoms with Gasteiger partial charge in [0, 0.05) is 19.5 Å². The summed E-state index contributed by atoms with van der Waals surface area (Å²) in [4.78, 5) is 13.1. The summed E-state index contributed by atoms with van der Waals surface area (Å²) < 4.78 is 0. The van der Waals surface area contributed by atoms with Crippen molar-refractivity contribution < 1.29 is 9.90 Å². The minimum atomic E-state index is -0.678. The van der Waals surface area contributed by atoms with E-state index >= 15 is 0 Å². The second-order valence-electron chi connectivity index (χ2n) is 5.67. The van der Waals surface area contributed by atoms with Gasteiger partial charge in [-0.25, -0.2) is 0 Å². The highest BCUT2D eigenvalue weighted by Crippen LogP contribution is 2.23. The van der Waals surface area contributed by atoms with Gasteiger partial charge in [0.05, 0.1) is 0 Å². The van der Waals surface area contributed by atoms with Gasteiger partial charge in [-0.1, -0.05) is 36.4 Å². The first-order valence-electron chi connectivity index (χ1n) is 7.12. The van der Waals surface area contributed by atoms with E-state index in [0.29, 0.717) is 12.3 Å². The van der Waals surface area contributed by atoms with Crippen LogP contribution < -0.4 is 0 Å². The first kappa shape index (κ1) is 13.1. The Morgan fingerprint density at radius 3 is 2.80 bits per heavy atom. The Hall–Kier alpha value is -1.87. The van der Waals surface area contributed by atoms with Crippen LogP contribution >= 0.6 is 0 Å². The summed E-state index contributed by atoms with van der Waals surface area (Å²) in [5, 5.41) is 11.4. The molecule has 0 saturated carbocycles. The smallest absolute Gasteiger partial charge is 0.303 e. The molecule has 1 unspecified atom stereocenters. The van der Waals surface area contributed by atoms with E-state index in [1.54, 1.807) is 0 Å². The lowest BCUT2D eigenvalue weighted by Crippen LogP contribution is -2.20. The molecule has 2 aromatic rings. The predicted octanol–water partition coefficient (Wildman–Crippen LogP) is 3.14. The average molecular weight is 269 g/mol. The van der Waals surface area contributed by atoms with Crippen LogP contribution in [-0.2, 0) is 11.3 Å². The van der Waals surface area contributed by atoms with Crippen molar-refractivity contribution in [1.29, 1.82) is 0 Å². The van der Waals surface area contributed by atoms with Crippen LogP contribution in [0.1, 0.15) is 18.4 Å². The molecular weight excluding hydrogens is 250 g/mol. The molecule has 1 aliphatic heterocycles. The Morgan fingerprint density at radius 1 is 1.20 bits per heavy atom. The number of fused-ring (bicyclic) bond motifs is 1. The maximum absolute atomic E-state index is 10.7. The first-order chi connectivity index (χ1) is 9.70. The first-order valence-corrected chi connectivity index (χ1v) is 7.12. The minimum Gasteiger partial charge on any atom is -0.481 e. The van der Waals surface area contributed by atoms with E-state index in [0.717, 1.165) is 26.1 Å². The fourth-order valence-corrected chi connectivity index (χ4v) is 3.07. The summed E-state index contributed by atoms with van der Waals surface area (Å²) in [6.45, 7) is 2.82. The fraction of sp³-hybridized carbons (Fsp3) is 0.353. The molecule has 0 aliphatic carbocycles. The van der Waals surface area contributed by atoms with E-state index < -0.39 is 5.97 Å². The highest BCUT2D eigenvalue weighted by atomic mass is 16.4. The quantitative estimate of drug-likeness (QED) is 0.927. The lowest BCUT2D eigenvalue weighted by molar-refractivity contribution is -0.138. The van der Waals surface area contributed by atoms with Gasteiger partial charge in [0.15, 0.2) is 0 Å². The van der Waals surface area contributed by atoms with Crippen molar-refractivity contribution in [2.45, 2.75) is 19.4 Å². The molecule has 0 spiro atoms. The number of carbonyl (C=O) groups is 1. The Morgan fingerprint density at radius 2 is 2.00 bits per heavy atom. The van der Waals surface area contributed by atoms with E-state index in [1.807, 2.05) is 0 Å². The summed E-state index contributed by atoms with van der Waals surface area (Å²) in [5.74, 6) is -0.365. The summed E-state index contributed by atoms with van der Waals surface area (Å²) >= 11 is 0. The van der Waals surface area contributed by atoms with Gasteiger partial charge < -0.3 is 5.11 Å². The number of hydrogen-bond acceptors (Lipinski definition) is 2. The fourth-order valence-electron chi connectivity index (χ4n) is 3.07.